The van der Waals surface area contributed by atoms with Crippen molar-refractivity contribution < 1.29 is 28.2 Å². The molecule has 36 heavy (non-hydrogen) atoms. The number of aliphatic hydroxyl groups is 1. The van der Waals surface area contributed by atoms with E-state index >= 15 is 0 Å². The van der Waals surface area contributed by atoms with Crippen molar-refractivity contribution >= 4 is 33.5 Å². The Hall–Kier alpha value is -3.24. The van der Waals surface area contributed by atoms with E-state index in [9.17, 15) is 18.0 Å². The first-order chi connectivity index (χ1) is 17.2. The molecule has 3 aromatic rings. The Kier molecular flexibility index (Phi) is 9.22. The summed E-state index contributed by atoms with van der Waals surface area (Å²) >= 11 is 5.97. The zero-order valence-electron chi connectivity index (χ0n) is 19.5. The number of amides is 1. The number of hydrogen-bond acceptors (Lipinski definition) is 5. The third-order valence-electron chi connectivity index (χ3n) is 5.68. The molecular formula is C26H27ClN2O6S. The molecule has 0 spiro atoms. The van der Waals surface area contributed by atoms with Gasteiger partial charge in [0.15, 0.2) is 6.04 Å². The minimum Gasteiger partial charge on any atom is -0.480 e. The maximum Gasteiger partial charge on any atom is 0.328 e. The fraction of sp³-hybridized carbons (Fsp3) is 0.231. The zero-order valence-corrected chi connectivity index (χ0v) is 21.1. The van der Waals surface area contributed by atoms with Crippen LogP contribution in [-0.2, 0) is 21.4 Å². The zero-order chi connectivity index (χ0) is 26.3. The minimum absolute atomic E-state index is 0.0364. The Morgan fingerprint density at radius 1 is 0.972 bits per heavy atom. The molecule has 190 valence electrons. The topological polar surface area (TPSA) is 124 Å². The number of carboxylic acids is 1. The van der Waals surface area contributed by atoms with Crippen LogP contribution in [0.4, 0.5) is 0 Å². The van der Waals surface area contributed by atoms with Crippen LogP contribution in [0.1, 0.15) is 40.9 Å². The van der Waals surface area contributed by atoms with E-state index in [-0.39, 0.29) is 17.0 Å². The number of carbonyl (C=O) groups excluding carboxylic acids is 1. The summed E-state index contributed by atoms with van der Waals surface area (Å²) in [5.41, 5.74) is 1.66. The summed E-state index contributed by atoms with van der Waals surface area (Å²) in [5.74, 6) is -2.01. The Labute approximate surface area is 215 Å². The van der Waals surface area contributed by atoms with E-state index in [0.717, 1.165) is 5.56 Å². The van der Waals surface area contributed by atoms with E-state index < -0.39 is 40.6 Å². The van der Waals surface area contributed by atoms with Crippen LogP contribution in [0.2, 0.25) is 5.02 Å². The van der Waals surface area contributed by atoms with Crippen LogP contribution in [0, 0.1) is 0 Å². The summed E-state index contributed by atoms with van der Waals surface area (Å²) in [5, 5.41) is 20.8. The first kappa shape index (κ1) is 27.3. The van der Waals surface area contributed by atoms with Gasteiger partial charge in [-0.2, -0.15) is 4.31 Å². The van der Waals surface area contributed by atoms with Crippen molar-refractivity contribution in [1.82, 2.24) is 9.62 Å². The van der Waals surface area contributed by atoms with Crippen molar-refractivity contribution in [2.45, 2.75) is 36.9 Å². The second-order valence-corrected chi connectivity index (χ2v) is 10.4. The highest BCUT2D eigenvalue weighted by Gasteiger charge is 2.32. The first-order valence-electron chi connectivity index (χ1n) is 11.2. The molecule has 0 saturated heterocycles. The maximum atomic E-state index is 13.8. The smallest absolute Gasteiger partial charge is 0.328 e. The van der Waals surface area contributed by atoms with E-state index in [4.69, 9.17) is 21.8 Å². The molecule has 0 aliphatic carbocycles. The third-order valence-corrected chi connectivity index (χ3v) is 7.80. The second kappa shape index (κ2) is 12.1. The number of nitrogens with one attached hydrogen (secondary N) is 1. The van der Waals surface area contributed by atoms with E-state index in [2.05, 4.69) is 5.32 Å². The third kappa shape index (κ3) is 6.50. The van der Waals surface area contributed by atoms with E-state index in [0.29, 0.717) is 17.0 Å². The maximum absolute atomic E-state index is 13.8. The first-order valence-corrected chi connectivity index (χ1v) is 13.0. The van der Waals surface area contributed by atoms with Crippen molar-refractivity contribution in [2.75, 3.05) is 6.61 Å². The van der Waals surface area contributed by atoms with E-state index in [1.165, 1.54) is 40.7 Å². The Morgan fingerprint density at radius 3 is 2.11 bits per heavy atom. The number of aliphatic hydroxyl groups excluding tert-OH is 1. The highest BCUT2D eigenvalue weighted by atomic mass is 35.5. The number of carbonyl (C=O) groups is 2. The van der Waals surface area contributed by atoms with Gasteiger partial charge in [-0.05, 0) is 53.9 Å². The second-order valence-electron chi connectivity index (χ2n) is 8.08. The Balaban J connectivity index is 1.94. The summed E-state index contributed by atoms with van der Waals surface area (Å²) in [6, 6.07) is 19.7. The molecule has 0 aliphatic rings. The molecule has 0 bridgehead atoms. The lowest BCUT2D eigenvalue weighted by molar-refractivity contribution is -0.140. The predicted octanol–water partition coefficient (Wildman–Crippen LogP) is 3.86. The van der Waals surface area contributed by atoms with Gasteiger partial charge in [-0.1, -0.05) is 61.0 Å². The SMILES string of the molecule is CC[C@@H](c1ccccc1)N(Cc1ccc(C(=O)N[C@@H](CO)C(=O)O)cc1)S(=O)(=O)c1ccc(Cl)cc1. The van der Waals surface area contributed by atoms with Gasteiger partial charge in [-0.25, -0.2) is 13.2 Å². The fourth-order valence-corrected chi connectivity index (χ4v) is 5.56. The largest absolute Gasteiger partial charge is 0.480 e. The van der Waals surface area contributed by atoms with Gasteiger partial charge < -0.3 is 15.5 Å². The van der Waals surface area contributed by atoms with Crippen LogP contribution in [0.25, 0.3) is 0 Å². The monoisotopic (exact) mass is 530 g/mol. The molecule has 0 fully saturated rings. The molecule has 8 nitrogen and oxygen atoms in total. The van der Waals surface area contributed by atoms with Gasteiger partial charge in [-0.3, -0.25) is 4.79 Å². The van der Waals surface area contributed by atoms with Crippen LogP contribution in [0.3, 0.4) is 0 Å². The summed E-state index contributed by atoms with van der Waals surface area (Å²) in [4.78, 5) is 23.5. The van der Waals surface area contributed by atoms with Crippen LogP contribution >= 0.6 is 11.6 Å². The summed E-state index contributed by atoms with van der Waals surface area (Å²) in [6.07, 6.45) is 0.523. The van der Waals surface area contributed by atoms with Gasteiger partial charge in [0.05, 0.1) is 17.5 Å². The highest BCUT2D eigenvalue weighted by molar-refractivity contribution is 7.89. The summed E-state index contributed by atoms with van der Waals surface area (Å²) in [7, 11) is -3.93. The van der Waals surface area contributed by atoms with Crippen LogP contribution in [-0.4, -0.2) is 47.5 Å². The van der Waals surface area contributed by atoms with Crippen molar-refractivity contribution in [2.24, 2.45) is 0 Å². The molecule has 0 radical (unpaired) electrons. The lowest BCUT2D eigenvalue weighted by atomic mass is 10.0. The molecule has 0 saturated carbocycles. The summed E-state index contributed by atoms with van der Waals surface area (Å²) in [6.45, 7) is 1.21. The molecule has 0 unspecified atom stereocenters. The number of benzene rings is 3. The average Bonchev–Trinajstić information content (AvgIpc) is 2.88. The number of carboxylic acid groups (broad SMARTS) is 1. The molecule has 3 rings (SSSR count). The van der Waals surface area contributed by atoms with Crippen LogP contribution < -0.4 is 5.32 Å². The normalized spacial score (nSPS) is 13.2. The van der Waals surface area contributed by atoms with Crippen molar-refractivity contribution in [3.05, 3.63) is 101 Å². The Morgan fingerprint density at radius 2 is 1.58 bits per heavy atom. The van der Waals surface area contributed by atoms with Gasteiger partial charge in [0, 0.05) is 17.1 Å². The molecular weight excluding hydrogens is 504 g/mol. The van der Waals surface area contributed by atoms with Gasteiger partial charge in [0.2, 0.25) is 10.0 Å². The van der Waals surface area contributed by atoms with Crippen LogP contribution in [0.5, 0.6) is 0 Å². The lowest BCUT2D eigenvalue weighted by Crippen LogP contribution is -2.43. The van der Waals surface area contributed by atoms with E-state index in [1.807, 2.05) is 37.3 Å². The number of nitrogens with zero attached hydrogens (tertiary/aromatic N) is 1. The standard InChI is InChI=1S/C26H27ClN2O6S/c1-2-24(19-6-4-3-5-7-19)29(36(34,35)22-14-12-21(27)13-15-22)16-18-8-10-20(11-9-18)25(31)28-23(17-30)26(32)33/h3-15,23-24,30H,2,16-17H2,1H3,(H,28,31)(H,32,33)/t23-,24-/m0/s1. The number of sulfonamides is 1. The minimum atomic E-state index is -3.93. The van der Waals surface area contributed by atoms with Crippen molar-refractivity contribution in [3.63, 3.8) is 0 Å². The van der Waals surface area contributed by atoms with Gasteiger partial charge >= 0.3 is 5.97 Å². The Bertz CT molecular complexity index is 1280. The van der Waals surface area contributed by atoms with E-state index in [1.54, 1.807) is 12.1 Å². The molecule has 0 heterocycles. The number of halogens is 1. The number of aliphatic carboxylic acids is 1. The molecule has 3 aromatic carbocycles. The van der Waals surface area contributed by atoms with Gasteiger partial charge in [-0.15, -0.1) is 0 Å². The molecule has 10 heteroatoms. The average molecular weight is 531 g/mol. The molecule has 1 amide bonds. The molecule has 3 N–H and O–H groups in total. The fourth-order valence-electron chi connectivity index (χ4n) is 3.75. The molecule has 2 atom stereocenters. The van der Waals surface area contributed by atoms with Gasteiger partial charge in [0.25, 0.3) is 5.91 Å². The lowest BCUT2D eigenvalue weighted by Gasteiger charge is -2.31. The van der Waals surface area contributed by atoms with Crippen LogP contribution in [0.15, 0.2) is 83.8 Å². The highest BCUT2D eigenvalue weighted by Crippen LogP contribution is 2.32. The van der Waals surface area contributed by atoms with Gasteiger partial charge in [0.1, 0.15) is 0 Å². The van der Waals surface area contributed by atoms with Crippen molar-refractivity contribution in [1.29, 1.82) is 0 Å². The molecule has 0 aromatic heterocycles. The van der Waals surface area contributed by atoms with Crippen molar-refractivity contribution in [3.8, 4) is 0 Å². The number of rotatable bonds is 11. The predicted molar refractivity (Wildman–Crippen MR) is 136 cm³/mol. The quantitative estimate of drug-likeness (QED) is 0.346. The number of hydrogen-bond donors (Lipinski definition) is 3. The summed E-state index contributed by atoms with van der Waals surface area (Å²) < 4.78 is 28.9. The molecule has 0 aliphatic heterocycles.